The number of ketones is 1. The van der Waals surface area contributed by atoms with Gasteiger partial charge in [-0.3, -0.25) is 14.9 Å². The molecule has 0 spiro atoms. The van der Waals surface area contributed by atoms with Crippen molar-refractivity contribution in [1.29, 1.82) is 0 Å². The minimum Gasteiger partial charge on any atom is -0.297 e. The third-order valence-corrected chi connectivity index (χ3v) is 8.54. The molecule has 0 bridgehead atoms. The molecule has 5 aromatic rings. The van der Waals surface area contributed by atoms with Gasteiger partial charge in [-0.2, -0.15) is 13.2 Å². The van der Waals surface area contributed by atoms with E-state index in [0.29, 0.717) is 21.1 Å². The summed E-state index contributed by atoms with van der Waals surface area (Å²) in [6.07, 6.45) is -5.04. The predicted molar refractivity (Wildman–Crippen MR) is 127 cm³/mol. The van der Waals surface area contributed by atoms with Gasteiger partial charge in [-0.25, -0.2) is 9.97 Å². The van der Waals surface area contributed by atoms with E-state index in [1.54, 1.807) is 29.6 Å². The maximum Gasteiger partial charge on any atom is 0.455 e. The second-order valence-corrected chi connectivity index (χ2v) is 10.7. The number of nitrogens with zero attached hydrogens (tertiary/aromatic N) is 2. The Morgan fingerprint density at radius 2 is 1.70 bits per heavy atom. The van der Waals surface area contributed by atoms with Crippen LogP contribution in [0, 0.1) is 0 Å². The number of Topliss-reactive ketones (excluding diaryl/α,β-unsaturated/α-hetero) is 1. The van der Waals surface area contributed by atoms with Gasteiger partial charge in [0, 0.05) is 0 Å². The molecule has 4 aromatic heterocycles. The lowest BCUT2D eigenvalue weighted by Gasteiger charge is -2.03. The van der Waals surface area contributed by atoms with Crippen molar-refractivity contribution >= 4 is 72.4 Å². The molecule has 0 atom stereocenters. The number of nitrogens with one attached hydrogen (secondary N) is 1. The number of halogens is 3. The second-order valence-electron chi connectivity index (χ2n) is 6.61. The number of fused-ring (bicyclic) bond motifs is 1. The maximum absolute atomic E-state index is 13.1. The van der Waals surface area contributed by atoms with Crippen LogP contribution in [0.5, 0.6) is 0 Å². The average molecular weight is 522 g/mol. The van der Waals surface area contributed by atoms with Crippen molar-refractivity contribution in [3.05, 3.63) is 63.7 Å². The minimum atomic E-state index is -5.04. The number of hydrogen-bond acceptors (Lipinski definition) is 8. The fraction of sp³-hybridized carbons (Fsp3) is 0.0476. The fourth-order valence-electron chi connectivity index (χ4n) is 2.95. The molecule has 0 aliphatic carbocycles. The van der Waals surface area contributed by atoms with Gasteiger partial charge in [0.2, 0.25) is 0 Å². The van der Waals surface area contributed by atoms with E-state index in [1.165, 1.54) is 22.7 Å². The quantitative estimate of drug-likeness (QED) is 0.248. The SMILES string of the molecule is O=C(Nc1nc(-c2cccs2)c(C(=O)C(F)(F)F)s1)c1ccc(-c2nc3ccccc3s2)s1. The number of carbonyl (C=O) groups is 2. The van der Waals surface area contributed by atoms with Crippen LogP contribution in [-0.4, -0.2) is 27.8 Å². The third kappa shape index (κ3) is 4.34. The van der Waals surface area contributed by atoms with E-state index in [2.05, 4.69) is 15.3 Å². The number of alkyl halides is 3. The number of amides is 1. The Morgan fingerprint density at radius 3 is 2.42 bits per heavy atom. The highest BCUT2D eigenvalue weighted by atomic mass is 32.1. The molecule has 0 saturated heterocycles. The number of thiophene rings is 2. The lowest BCUT2D eigenvalue weighted by Crippen LogP contribution is -2.22. The van der Waals surface area contributed by atoms with E-state index in [1.807, 2.05) is 24.3 Å². The first-order valence-electron chi connectivity index (χ1n) is 9.23. The molecule has 0 aliphatic heterocycles. The zero-order chi connectivity index (χ0) is 23.2. The van der Waals surface area contributed by atoms with Crippen LogP contribution >= 0.6 is 45.3 Å². The van der Waals surface area contributed by atoms with Crippen LogP contribution in [0.4, 0.5) is 18.3 Å². The maximum atomic E-state index is 13.1. The van der Waals surface area contributed by atoms with Gasteiger partial charge in [0.1, 0.15) is 15.6 Å². The van der Waals surface area contributed by atoms with Crippen LogP contribution < -0.4 is 5.32 Å². The summed E-state index contributed by atoms with van der Waals surface area (Å²) in [4.78, 5) is 34.4. The summed E-state index contributed by atoms with van der Waals surface area (Å²) in [7, 11) is 0. The normalized spacial score (nSPS) is 11.7. The van der Waals surface area contributed by atoms with Crippen molar-refractivity contribution in [3.63, 3.8) is 0 Å². The van der Waals surface area contributed by atoms with Crippen LogP contribution in [0.2, 0.25) is 0 Å². The Labute approximate surface area is 200 Å². The van der Waals surface area contributed by atoms with Crippen molar-refractivity contribution in [1.82, 2.24) is 9.97 Å². The number of aromatic nitrogens is 2. The smallest absolute Gasteiger partial charge is 0.297 e. The summed E-state index contributed by atoms with van der Waals surface area (Å²) in [6.45, 7) is 0. The zero-order valence-electron chi connectivity index (χ0n) is 16.2. The number of rotatable bonds is 5. The molecule has 0 aliphatic rings. The molecule has 0 radical (unpaired) electrons. The molecule has 4 heterocycles. The highest BCUT2D eigenvalue weighted by Crippen LogP contribution is 2.38. The van der Waals surface area contributed by atoms with E-state index in [0.717, 1.165) is 31.4 Å². The molecular weight excluding hydrogens is 512 g/mol. The number of benzene rings is 1. The summed E-state index contributed by atoms with van der Waals surface area (Å²) in [5.41, 5.74) is 0.775. The predicted octanol–water partition coefficient (Wildman–Crippen LogP) is 7.21. The van der Waals surface area contributed by atoms with E-state index in [9.17, 15) is 22.8 Å². The number of carbonyl (C=O) groups excluding carboxylic acids is 2. The average Bonchev–Trinajstić information content (AvgIpc) is 3.57. The van der Waals surface area contributed by atoms with Gasteiger partial charge >= 0.3 is 6.18 Å². The number of thiazole rings is 2. The summed E-state index contributed by atoms with van der Waals surface area (Å²) in [5.74, 6) is -2.51. The Hall–Kier alpha value is -2.93. The number of anilines is 1. The minimum absolute atomic E-state index is 0.0778. The molecule has 166 valence electrons. The third-order valence-electron chi connectivity index (χ3n) is 4.40. The van der Waals surface area contributed by atoms with Crippen LogP contribution in [0.1, 0.15) is 19.3 Å². The summed E-state index contributed by atoms with van der Waals surface area (Å²) in [5, 5.41) is 4.89. The summed E-state index contributed by atoms with van der Waals surface area (Å²) in [6, 6.07) is 14.3. The van der Waals surface area contributed by atoms with Crippen molar-refractivity contribution in [2.75, 3.05) is 5.32 Å². The van der Waals surface area contributed by atoms with Crippen LogP contribution in [0.3, 0.4) is 0 Å². The van der Waals surface area contributed by atoms with E-state index < -0.39 is 22.7 Å². The Balaban J connectivity index is 1.42. The Bertz CT molecular complexity index is 1450. The molecule has 5 rings (SSSR count). The summed E-state index contributed by atoms with van der Waals surface area (Å²) < 4.78 is 40.3. The van der Waals surface area contributed by atoms with Crippen LogP contribution in [0.25, 0.3) is 30.7 Å². The topological polar surface area (TPSA) is 72.0 Å². The van der Waals surface area contributed by atoms with Crippen molar-refractivity contribution in [2.45, 2.75) is 6.18 Å². The molecule has 12 heteroatoms. The van der Waals surface area contributed by atoms with E-state index in [4.69, 9.17) is 0 Å². The lowest BCUT2D eigenvalue weighted by molar-refractivity contribution is -0.0882. The first-order valence-corrected chi connectivity index (χ1v) is 12.6. The summed E-state index contributed by atoms with van der Waals surface area (Å²) >= 11 is 4.39. The first kappa shape index (κ1) is 21.9. The zero-order valence-corrected chi connectivity index (χ0v) is 19.4. The van der Waals surface area contributed by atoms with Crippen molar-refractivity contribution in [2.24, 2.45) is 0 Å². The van der Waals surface area contributed by atoms with Gasteiger partial charge in [0.25, 0.3) is 11.7 Å². The molecule has 5 nitrogen and oxygen atoms in total. The van der Waals surface area contributed by atoms with E-state index >= 15 is 0 Å². The monoisotopic (exact) mass is 521 g/mol. The molecule has 0 unspecified atom stereocenters. The lowest BCUT2D eigenvalue weighted by atomic mass is 10.2. The van der Waals surface area contributed by atoms with Gasteiger partial charge in [-0.05, 0) is 35.7 Å². The molecule has 33 heavy (non-hydrogen) atoms. The molecule has 0 fully saturated rings. The van der Waals surface area contributed by atoms with Gasteiger partial charge in [0.15, 0.2) is 5.13 Å². The van der Waals surface area contributed by atoms with E-state index in [-0.39, 0.29) is 10.8 Å². The molecule has 1 N–H and O–H groups in total. The Morgan fingerprint density at radius 1 is 0.879 bits per heavy atom. The standard InChI is InChI=1S/C21H10F3N3O2S4/c22-21(23,24)17(28)16-15(12-6-3-9-30-12)26-20(33-16)27-18(29)13-7-8-14(31-13)19-25-10-4-1-2-5-11(10)32-19/h1-9H,(H,26,27,29). The van der Waals surface area contributed by atoms with Crippen LogP contribution in [-0.2, 0) is 0 Å². The molecule has 0 saturated carbocycles. The number of hydrogen-bond donors (Lipinski definition) is 1. The highest BCUT2D eigenvalue weighted by molar-refractivity contribution is 7.26. The van der Waals surface area contributed by atoms with Gasteiger partial charge in [-0.15, -0.1) is 34.0 Å². The molecular formula is C21H10F3N3O2S4. The van der Waals surface area contributed by atoms with Crippen molar-refractivity contribution < 1.29 is 22.8 Å². The van der Waals surface area contributed by atoms with Crippen LogP contribution in [0.15, 0.2) is 53.9 Å². The molecule has 1 amide bonds. The first-order chi connectivity index (χ1) is 15.8. The largest absolute Gasteiger partial charge is 0.455 e. The number of para-hydroxylation sites is 1. The van der Waals surface area contributed by atoms with Crippen molar-refractivity contribution in [3.8, 4) is 20.5 Å². The second kappa shape index (κ2) is 8.45. The van der Waals surface area contributed by atoms with Gasteiger partial charge in [-0.1, -0.05) is 29.5 Å². The Kier molecular flexibility index (Phi) is 5.60. The fourth-order valence-corrected chi connectivity index (χ4v) is 6.59. The highest BCUT2D eigenvalue weighted by Gasteiger charge is 2.42. The van der Waals surface area contributed by atoms with Gasteiger partial charge < -0.3 is 0 Å². The molecule has 1 aromatic carbocycles. The van der Waals surface area contributed by atoms with Gasteiger partial charge in [0.05, 0.1) is 24.8 Å².